The van der Waals surface area contributed by atoms with Crippen LogP contribution in [0.1, 0.15) is 60.7 Å². The molecule has 1 atom stereocenters. The molecule has 1 aliphatic rings. The second-order valence-electron chi connectivity index (χ2n) is 8.53. The first-order valence-electron chi connectivity index (χ1n) is 10.6. The van der Waals surface area contributed by atoms with E-state index in [9.17, 15) is 20.1 Å². The van der Waals surface area contributed by atoms with Crippen LogP contribution in [0.2, 0.25) is 0 Å². The van der Waals surface area contributed by atoms with E-state index in [1.165, 1.54) is 19.2 Å². The number of ketones is 1. The Morgan fingerprint density at radius 2 is 1.94 bits per heavy atom. The van der Waals surface area contributed by atoms with E-state index in [1.807, 2.05) is 39.8 Å². The van der Waals surface area contributed by atoms with Gasteiger partial charge in [-0.2, -0.15) is 0 Å². The zero-order chi connectivity index (χ0) is 23.6. The molecule has 0 spiro atoms. The highest BCUT2D eigenvalue weighted by Gasteiger charge is 2.36. The summed E-state index contributed by atoms with van der Waals surface area (Å²) in [6.45, 7) is 7.89. The molecule has 1 aliphatic heterocycles. The SMILES string of the molecule is COc1c([C@H]2COc3cc(O)c(CC=C(C)C)c(O)c3C2=O)ccc(O)c1/C=C/C(C)C. The summed E-state index contributed by atoms with van der Waals surface area (Å²) in [5.41, 5.74) is 2.39. The van der Waals surface area contributed by atoms with Gasteiger partial charge in [0.1, 0.15) is 40.9 Å². The van der Waals surface area contributed by atoms with E-state index in [0.29, 0.717) is 16.9 Å². The molecule has 2 aromatic rings. The number of phenolic OH excluding ortho intramolecular Hbond substituents is 3. The smallest absolute Gasteiger partial charge is 0.181 e. The Hall–Kier alpha value is -3.41. The minimum absolute atomic E-state index is 0.0203. The number of rotatable bonds is 6. The molecule has 0 aliphatic carbocycles. The fraction of sp³-hybridized carbons (Fsp3) is 0.346. The molecular formula is C26H30O6. The highest BCUT2D eigenvalue weighted by Crippen LogP contribution is 2.46. The molecule has 170 valence electrons. The van der Waals surface area contributed by atoms with E-state index in [4.69, 9.17) is 9.47 Å². The lowest BCUT2D eigenvalue weighted by Crippen LogP contribution is -2.27. The lowest BCUT2D eigenvalue weighted by Gasteiger charge is -2.27. The van der Waals surface area contributed by atoms with Gasteiger partial charge in [0.25, 0.3) is 0 Å². The number of fused-ring (bicyclic) bond motifs is 1. The van der Waals surface area contributed by atoms with E-state index in [-0.39, 0.29) is 58.9 Å². The van der Waals surface area contributed by atoms with Gasteiger partial charge in [-0.3, -0.25) is 4.79 Å². The van der Waals surface area contributed by atoms with Gasteiger partial charge in [0.15, 0.2) is 5.78 Å². The number of hydrogen-bond donors (Lipinski definition) is 3. The van der Waals surface area contributed by atoms with E-state index in [2.05, 4.69) is 0 Å². The van der Waals surface area contributed by atoms with Crippen molar-refractivity contribution in [2.75, 3.05) is 13.7 Å². The fourth-order valence-electron chi connectivity index (χ4n) is 3.74. The van der Waals surface area contributed by atoms with Crippen LogP contribution in [0.3, 0.4) is 0 Å². The fourth-order valence-corrected chi connectivity index (χ4v) is 3.74. The van der Waals surface area contributed by atoms with Crippen LogP contribution >= 0.6 is 0 Å². The molecule has 32 heavy (non-hydrogen) atoms. The topological polar surface area (TPSA) is 96.2 Å². The van der Waals surface area contributed by atoms with Crippen LogP contribution in [0.15, 0.2) is 35.9 Å². The predicted molar refractivity (Wildman–Crippen MR) is 124 cm³/mol. The molecule has 3 rings (SSSR count). The average Bonchev–Trinajstić information content (AvgIpc) is 2.72. The van der Waals surface area contributed by atoms with Gasteiger partial charge in [-0.1, -0.05) is 43.7 Å². The number of carbonyl (C=O) groups is 1. The third-order valence-corrected chi connectivity index (χ3v) is 5.46. The van der Waals surface area contributed by atoms with Crippen molar-refractivity contribution in [2.24, 2.45) is 5.92 Å². The number of carbonyl (C=O) groups excluding carboxylic acids is 1. The Balaban J connectivity index is 2.10. The van der Waals surface area contributed by atoms with Crippen LogP contribution < -0.4 is 9.47 Å². The van der Waals surface area contributed by atoms with Gasteiger partial charge in [0, 0.05) is 17.2 Å². The van der Waals surface area contributed by atoms with Crippen molar-refractivity contribution in [2.45, 2.75) is 40.0 Å². The number of ether oxygens (including phenoxy) is 2. The summed E-state index contributed by atoms with van der Waals surface area (Å²) < 4.78 is 11.4. The average molecular weight is 439 g/mol. The van der Waals surface area contributed by atoms with Crippen LogP contribution in [0.5, 0.6) is 28.7 Å². The lowest BCUT2D eigenvalue weighted by molar-refractivity contribution is 0.0889. The van der Waals surface area contributed by atoms with Gasteiger partial charge in [-0.25, -0.2) is 0 Å². The first-order chi connectivity index (χ1) is 15.1. The van der Waals surface area contributed by atoms with Gasteiger partial charge in [0.2, 0.25) is 0 Å². The molecule has 0 unspecified atom stereocenters. The summed E-state index contributed by atoms with van der Waals surface area (Å²) in [5, 5.41) is 31.6. The molecule has 0 amide bonds. The quantitative estimate of drug-likeness (QED) is 0.526. The monoisotopic (exact) mass is 438 g/mol. The van der Waals surface area contributed by atoms with Crippen molar-refractivity contribution >= 4 is 11.9 Å². The minimum Gasteiger partial charge on any atom is -0.507 e. The summed E-state index contributed by atoms with van der Waals surface area (Å²) in [6, 6.07) is 4.54. The number of phenols is 3. The van der Waals surface area contributed by atoms with Crippen molar-refractivity contribution in [1.82, 2.24) is 0 Å². The number of allylic oxidation sites excluding steroid dienone is 3. The highest BCUT2D eigenvalue weighted by atomic mass is 16.5. The normalized spacial score (nSPS) is 15.6. The maximum atomic E-state index is 13.5. The second kappa shape index (κ2) is 9.39. The Morgan fingerprint density at radius 3 is 2.56 bits per heavy atom. The molecule has 6 nitrogen and oxygen atoms in total. The third kappa shape index (κ3) is 4.44. The van der Waals surface area contributed by atoms with Crippen LogP contribution in [-0.2, 0) is 6.42 Å². The summed E-state index contributed by atoms with van der Waals surface area (Å²) in [4.78, 5) is 13.5. The zero-order valence-corrected chi connectivity index (χ0v) is 19.1. The first-order valence-corrected chi connectivity index (χ1v) is 10.6. The number of benzene rings is 2. The molecule has 0 saturated carbocycles. The van der Waals surface area contributed by atoms with Crippen molar-refractivity contribution in [1.29, 1.82) is 0 Å². The third-order valence-electron chi connectivity index (χ3n) is 5.46. The Morgan fingerprint density at radius 1 is 1.22 bits per heavy atom. The van der Waals surface area contributed by atoms with Gasteiger partial charge < -0.3 is 24.8 Å². The van der Waals surface area contributed by atoms with Crippen LogP contribution in [0.4, 0.5) is 0 Å². The maximum Gasteiger partial charge on any atom is 0.181 e. The number of Topliss-reactive ketones (excluding diaryl/α,β-unsaturated/α-hetero) is 1. The molecule has 0 saturated heterocycles. The minimum atomic E-state index is -0.740. The van der Waals surface area contributed by atoms with Crippen LogP contribution in [-0.4, -0.2) is 34.8 Å². The molecule has 1 heterocycles. The Labute approximate surface area is 188 Å². The van der Waals surface area contributed by atoms with E-state index in [1.54, 1.807) is 12.1 Å². The molecule has 0 radical (unpaired) electrons. The number of hydrogen-bond acceptors (Lipinski definition) is 6. The van der Waals surface area contributed by atoms with E-state index < -0.39 is 5.92 Å². The Kier molecular flexibility index (Phi) is 6.82. The zero-order valence-electron chi connectivity index (χ0n) is 19.1. The van der Waals surface area contributed by atoms with Gasteiger partial charge in [-0.15, -0.1) is 0 Å². The number of aromatic hydroxyl groups is 3. The molecule has 6 heteroatoms. The predicted octanol–water partition coefficient (Wildman–Crippen LogP) is 5.35. The first kappa shape index (κ1) is 23.3. The van der Waals surface area contributed by atoms with Gasteiger partial charge >= 0.3 is 0 Å². The van der Waals surface area contributed by atoms with Crippen molar-refractivity contribution < 1.29 is 29.6 Å². The van der Waals surface area contributed by atoms with Crippen molar-refractivity contribution in [3.05, 3.63) is 58.2 Å². The molecule has 0 aromatic heterocycles. The van der Waals surface area contributed by atoms with Crippen LogP contribution in [0.25, 0.3) is 6.08 Å². The molecule has 0 bridgehead atoms. The maximum absolute atomic E-state index is 13.5. The Bertz CT molecular complexity index is 1090. The molecule has 0 fully saturated rings. The van der Waals surface area contributed by atoms with Crippen LogP contribution in [0, 0.1) is 5.92 Å². The second-order valence-corrected chi connectivity index (χ2v) is 8.53. The van der Waals surface area contributed by atoms with Crippen molar-refractivity contribution in [3.8, 4) is 28.7 Å². The summed E-state index contributed by atoms with van der Waals surface area (Å²) in [6.07, 6.45) is 5.86. The number of methoxy groups -OCH3 is 1. The molecule has 3 N–H and O–H groups in total. The van der Waals surface area contributed by atoms with Gasteiger partial charge in [-0.05, 0) is 32.3 Å². The highest BCUT2D eigenvalue weighted by molar-refractivity contribution is 6.07. The molecular weight excluding hydrogens is 408 g/mol. The molecule has 2 aromatic carbocycles. The summed E-state index contributed by atoms with van der Waals surface area (Å²) >= 11 is 0. The van der Waals surface area contributed by atoms with Crippen molar-refractivity contribution in [3.63, 3.8) is 0 Å². The standard InChI is InChI=1S/C26H30O6/c1-14(2)6-8-17-21(28)12-22-23(24(17)29)25(30)19(13-32-22)16-10-11-20(27)18(26(16)31-5)9-7-15(3)4/h6-7,9-12,15,19,27-29H,8,13H2,1-5H3/b9-7+/t19-/m1/s1. The summed E-state index contributed by atoms with van der Waals surface area (Å²) in [5.74, 6) is -0.614. The van der Waals surface area contributed by atoms with E-state index in [0.717, 1.165) is 5.57 Å². The largest absolute Gasteiger partial charge is 0.507 e. The van der Waals surface area contributed by atoms with E-state index >= 15 is 0 Å². The van der Waals surface area contributed by atoms with Gasteiger partial charge in [0.05, 0.1) is 18.6 Å². The summed E-state index contributed by atoms with van der Waals surface area (Å²) in [7, 11) is 1.49. The lowest BCUT2D eigenvalue weighted by atomic mass is 9.85.